The molecule has 1 atom stereocenters. The number of benzene rings is 1. The molecule has 84 valence electrons. The van der Waals surface area contributed by atoms with Crippen LogP contribution in [-0.4, -0.2) is 27.9 Å². The minimum absolute atomic E-state index is 0.524. The van der Waals surface area contributed by atoms with Crippen molar-refractivity contribution in [1.82, 2.24) is 0 Å². The van der Waals surface area contributed by atoms with E-state index in [4.69, 9.17) is 5.11 Å². The van der Waals surface area contributed by atoms with Crippen LogP contribution in [0.5, 0.6) is 0 Å². The second-order valence-electron chi connectivity index (χ2n) is 3.62. The molecule has 2 rings (SSSR count). The zero-order chi connectivity index (χ0) is 11.7. The molecule has 0 aromatic heterocycles. The van der Waals surface area contributed by atoms with E-state index in [0.29, 0.717) is 5.75 Å². The molecule has 0 saturated carbocycles. The Balaban J connectivity index is 2.32. The molecule has 16 heavy (non-hydrogen) atoms. The van der Waals surface area contributed by atoms with Crippen molar-refractivity contribution < 1.29 is 9.90 Å². The van der Waals surface area contributed by atoms with Crippen LogP contribution in [0.2, 0.25) is 0 Å². The Hall–Kier alpha value is -0.810. The fourth-order valence-electron chi connectivity index (χ4n) is 1.52. The number of carboxylic acid groups (broad SMARTS) is 1. The van der Waals surface area contributed by atoms with Gasteiger partial charge in [-0.05, 0) is 30.7 Å². The minimum Gasteiger partial charge on any atom is -0.480 e. The van der Waals surface area contributed by atoms with E-state index < -0.39 is 12.0 Å². The Bertz CT molecular complexity index is 453. The molecular weight excluding hydrogens is 290 g/mol. The van der Waals surface area contributed by atoms with E-state index in [9.17, 15) is 4.79 Å². The molecule has 0 fully saturated rings. The number of aryl methyl sites for hydroxylation is 1. The van der Waals surface area contributed by atoms with Crippen molar-refractivity contribution in [2.75, 3.05) is 5.75 Å². The largest absolute Gasteiger partial charge is 0.480 e. The van der Waals surface area contributed by atoms with E-state index >= 15 is 0 Å². The van der Waals surface area contributed by atoms with Gasteiger partial charge in [0.15, 0.2) is 6.04 Å². The van der Waals surface area contributed by atoms with Gasteiger partial charge in [0, 0.05) is 15.8 Å². The van der Waals surface area contributed by atoms with E-state index in [0.717, 1.165) is 20.6 Å². The predicted octanol–water partition coefficient (Wildman–Crippen LogP) is 2.70. The zero-order valence-corrected chi connectivity index (χ0v) is 11.0. The fraction of sp³-hybridized carbons (Fsp3) is 0.273. The summed E-state index contributed by atoms with van der Waals surface area (Å²) in [6.45, 7) is 2.00. The Labute approximate surface area is 106 Å². The number of thioether (sulfide) groups is 1. The number of nitrogens with zero attached hydrogens (tertiary/aromatic N) is 1. The van der Waals surface area contributed by atoms with Crippen LogP contribution in [0.4, 0.5) is 0 Å². The smallest absolute Gasteiger partial charge is 0.329 e. The molecule has 1 aliphatic rings. The maximum Gasteiger partial charge on any atom is 0.329 e. The third kappa shape index (κ3) is 2.47. The first-order valence-electron chi connectivity index (χ1n) is 4.77. The summed E-state index contributed by atoms with van der Waals surface area (Å²) in [4.78, 5) is 15.0. The molecule has 0 aliphatic carbocycles. The lowest BCUT2D eigenvalue weighted by Gasteiger charge is -2.02. The summed E-state index contributed by atoms with van der Waals surface area (Å²) in [6.07, 6.45) is 0. The summed E-state index contributed by atoms with van der Waals surface area (Å²) in [5.41, 5.74) is 2.12. The summed E-state index contributed by atoms with van der Waals surface area (Å²) in [6, 6.07) is 5.39. The molecule has 0 amide bonds. The highest BCUT2D eigenvalue weighted by atomic mass is 79.9. The monoisotopic (exact) mass is 299 g/mol. The maximum absolute atomic E-state index is 10.8. The van der Waals surface area contributed by atoms with Crippen LogP contribution in [-0.2, 0) is 4.79 Å². The third-order valence-corrected chi connectivity index (χ3v) is 3.78. The van der Waals surface area contributed by atoms with Gasteiger partial charge in [0.2, 0.25) is 0 Å². The number of aliphatic imine (C=N–C) groups is 1. The molecule has 1 heterocycles. The Morgan fingerprint density at radius 2 is 2.31 bits per heavy atom. The number of carboxylic acids is 1. The molecule has 1 unspecified atom stereocenters. The molecule has 1 aromatic carbocycles. The molecule has 0 radical (unpaired) electrons. The molecule has 5 heteroatoms. The Kier molecular flexibility index (Phi) is 3.35. The van der Waals surface area contributed by atoms with Crippen molar-refractivity contribution in [3.05, 3.63) is 33.8 Å². The van der Waals surface area contributed by atoms with Gasteiger partial charge in [-0.3, -0.25) is 4.99 Å². The quantitative estimate of drug-likeness (QED) is 0.913. The summed E-state index contributed by atoms with van der Waals surface area (Å²) >= 11 is 4.92. The van der Waals surface area contributed by atoms with Gasteiger partial charge in [-0.1, -0.05) is 15.9 Å². The van der Waals surface area contributed by atoms with Crippen LogP contribution in [0.15, 0.2) is 27.7 Å². The number of hydrogen-bond donors (Lipinski definition) is 1. The number of hydrogen-bond acceptors (Lipinski definition) is 3. The van der Waals surface area contributed by atoms with Crippen LogP contribution in [0.25, 0.3) is 0 Å². The number of halogens is 1. The van der Waals surface area contributed by atoms with Crippen LogP contribution >= 0.6 is 27.7 Å². The molecule has 3 nitrogen and oxygen atoms in total. The van der Waals surface area contributed by atoms with E-state index in [1.807, 2.05) is 25.1 Å². The highest BCUT2D eigenvalue weighted by Crippen LogP contribution is 2.26. The lowest BCUT2D eigenvalue weighted by Crippen LogP contribution is -2.17. The minimum atomic E-state index is -0.853. The number of carbonyl (C=O) groups is 1. The number of aliphatic carboxylic acids is 1. The maximum atomic E-state index is 10.8. The van der Waals surface area contributed by atoms with Gasteiger partial charge in [-0.25, -0.2) is 4.79 Å². The van der Waals surface area contributed by atoms with Gasteiger partial charge in [-0.2, -0.15) is 0 Å². The topological polar surface area (TPSA) is 49.7 Å². The highest BCUT2D eigenvalue weighted by molar-refractivity contribution is 9.10. The van der Waals surface area contributed by atoms with Gasteiger partial charge < -0.3 is 5.11 Å². The lowest BCUT2D eigenvalue weighted by atomic mass is 10.1. The van der Waals surface area contributed by atoms with E-state index in [2.05, 4.69) is 20.9 Å². The van der Waals surface area contributed by atoms with Gasteiger partial charge in [0.05, 0.1) is 5.04 Å². The molecule has 0 spiro atoms. The first-order chi connectivity index (χ1) is 7.56. The first-order valence-corrected chi connectivity index (χ1v) is 6.55. The average Bonchev–Trinajstić information content (AvgIpc) is 2.64. The number of rotatable bonds is 2. The van der Waals surface area contributed by atoms with Crippen LogP contribution in [0, 0.1) is 6.92 Å². The standard InChI is InChI=1S/C11H10BrNO2S/c1-6-2-7(4-8(12)3-6)10-13-9(5-16-10)11(14)15/h2-4,9H,5H2,1H3,(H,14,15). The molecule has 1 N–H and O–H groups in total. The van der Waals surface area contributed by atoms with E-state index in [-0.39, 0.29) is 0 Å². The van der Waals surface area contributed by atoms with Crippen molar-refractivity contribution in [2.45, 2.75) is 13.0 Å². The Morgan fingerprint density at radius 1 is 1.56 bits per heavy atom. The molecule has 1 aliphatic heterocycles. The SMILES string of the molecule is Cc1cc(Br)cc(C2=NC(C(=O)O)CS2)c1. The van der Waals surface area contributed by atoms with Gasteiger partial charge in [0.1, 0.15) is 0 Å². The second-order valence-corrected chi connectivity index (χ2v) is 5.54. The zero-order valence-electron chi connectivity index (χ0n) is 8.61. The summed E-state index contributed by atoms with van der Waals surface area (Å²) in [7, 11) is 0. The first kappa shape index (κ1) is 11.7. The van der Waals surface area contributed by atoms with Gasteiger partial charge in [0.25, 0.3) is 0 Å². The average molecular weight is 300 g/mol. The van der Waals surface area contributed by atoms with Crippen molar-refractivity contribution in [1.29, 1.82) is 0 Å². The second kappa shape index (κ2) is 4.59. The third-order valence-electron chi connectivity index (χ3n) is 2.23. The van der Waals surface area contributed by atoms with Crippen molar-refractivity contribution >= 4 is 38.7 Å². The van der Waals surface area contributed by atoms with Crippen molar-refractivity contribution in [3.8, 4) is 0 Å². The van der Waals surface area contributed by atoms with E-state index in [1.54, 1.807) is 0 Å². The summed E-state index contributed by atoms with van der Waals surface area (Å²) in [5, 5.41) is 9.67. The fourth-order valence-corrected chi connectivity index (χ4v) is 3.14. The highest BCUT2D eigenvalue weighted by Gasteiger charge is 2.25. The van der Waals surface area contributed by atoms with Crippen molar-refractivity contribution in [3.63, 3.8) is 0 Å². The summed E-state index contributed by atoms with van der Waals surface area (Å²) < 4.78 is 0.990. The van der Waals surface area contributed by atoms with Crippen LogP contribution in [0.1, 0.15) is 11.1 Å². The summed E-state index contributed by atoms with van der Waals surface area (Å²) in [5.74, 6) is -0.329. The van der Waals surface area contributed by atoms with Crippen LogP contribution < -0.4 is 0 Å². The predicted molar refractivity (Wildman–Crippen MR) is 69.3 cm³/mol. The van der Waals surface area contributed by atoms with Crippen LogP contribution in [0.3, 0.4) is 0 Å². The van der Waals surface area contributed by atoms with Crippen molar-refractivity contribution in [2.24, 2.45) is 4.99 Å². The van der Waals surface area contributed by atoms with Gasteiger partial charge in [-0.15, -0.1) is 11.8 Å². The van der Waals surface area contributed by atoms with E-state index in [1.165, 1.54) is 11.8 Å². The van der Waals surface area contributed by atoms with Gasteiger partial charge >= 0.3 is 5.97 Å². The normalized spacial score (nSPS) is 19.6. The molecule has 0 bridgehead atoms. The lowest BCUT2D eigenvalue weighted by molar-refractivity contribution is -0.137. The molecular formula is C11H10BrNO2S. The Morgan fingerprint density at radius 3 is 2.88 bits per heavy atom. The molecule has 1 aromatic rings. The molecule has 0 saturated heterocycles.